The van der Waals surface area contributed by atoms with E-state index >= 15 is 0 Å². The molecule has 1 aromatic heterocycles. The molecule has 1 heterocycles. The second-order valence-corrected chi connectivity index (χ2v) is 5.11. The minimum Gasteiger partial charge on any atom is -0.340 e. The molecule has 0 saturated heterocycles. The third kappa shape index (κ3) is 3.99. The van der Waals surface area contributed by atoms with Crippen LogP contribution in [-0.2, 0) is 13.1 Å². The van der Waals surface area contributed by atoms with E-state index in [9.17, 15) is 4.39 Å². The second-order valence-electron chi connectivity index (χ2n) is 5.11. The molecule has 4 nitrogen and oxygen atoms in total. The zero-order chi connectivity index (χ0) is 14.5. The van der Waals surface area contributed by atoms with Crippen molar-refractivity contribution in [3.63, 3.8) is 0 Å². The maximum absolute atomic E-state index is 12.8. The molecule has 5 heteroatoms. The summed E-state index contributed by atoms with van der Waals surface area (Å²) in [7, 11) is 5.99. The quantitative estimate of drug-likeness (QED) is 0.837. The average molecular weight is 274 g/mol. The van der Waals surface area contributed by atoms with Gasteiger partial charge in [0.1, 0.15) is 0 Å². The molecular weight excluding hydrogens is 255 g/mol. The van der Waals surface area contributed by atoms with Crippen molar-refractivity contribution in [1.82, 2.24) is 14.9 Å². The molecule has 0 spiro atoms. The Hall–Kier alpha value is -2.01. The lowest BCUT2D eigenvalue weighted by Gasteiger charge is -2.17. The summed E-state index contributed by atoms with van der Waals surface area (Å²) in [5.74, 6) is 0.0963. The minimum absolute atomic E-state index is 0.421. The Morgan fingerprint density at radius 3 is 1.90 bits per heavy atom. The summed E-state index contributed by atoms with van der Waals surface area (Å²) >= 11 is 0. The number of nitrogens with zero attached hydrogens (tertiary/aromatic N) is 4. The maximum atomic E-state index is 12.8. The number of hydrogen-bond donors (Lipinski definition) is 0. The molecule has 0 N–H and O–H groups in total. The van der Waals surface area contributed by atoms with Gasteiger partial charge < -0.3 is 9.80 Å². The van der Waals surface area contributed by atoms with Gasteiger partial charge in [-0.3, -0.25) is 0 Å². The van der Waals surface area contributed by atoms with E-state index in [1.807, 2.05) is 26.0 Å². The molecule has 0 atom stereocenters. The maximum Gasteiger partial charge on any atom is 0.225 e. The Bertz CT molecular complexity index is 537. The molecule has 2 aromatic rings. The summed E-state index contributed by atoms with van der Waals surface area (Å²) in [6, 6.07) is 8.43. The number of halogens is 1. The highest BCUT2D eigenvalue weighted by Crippen LogP contribution is 2.11. The largest absolute Gasteiger partial charge is 0.340 e. The fourth-order valence-corrected chi connectivity index (χ4v) is 1.96. The van der Waals surface area contributed by atoms with E-state index in [4.69, 9.17) is 0 Å². The molecule has 106 valence electrons. The van der Waals surface area contributed by atoms with Crippen LogP contribution in [0.5, 0.6) is 0 Å². The first kappa shape index (κ1) is 14.4. The summed E-state index contributed by atoms with van der Waals surface area (Å²) in [5.41, 5.74) is 2.45. The Morgan fingerprint density at radius 2 is 1.40 bits per heavy atom. The molecule has 0 aliphatic carbocycles. The van der Waals surface area contributed by atoms with Gasteiger partial charge in [0.2, 0.25) is 5.95 Å². The van der Waals surface area contributed by atoms with Gasteiger partial charge in [-0.15, -0.1) is 0 Å². The van der Waals surface area contributed by atoms with Crippen LogP contribution in [0.3, 0.4) is 0 Å². The molecule has 0 fully saturated rings. The SMILES string of the molecule is CN(C)Cc1ccc(CN(C)c2ncc(F)cn2)cc1. The van der Waals surface area contributed by atoms with Gasteiger partial charge in [-0.05, 0) is 25.2 Å². The third-order valence-corrected chi connectivity index (χ3v) is 2.89. The van der Waals surface area contributed by atoms with E-state index in [-0.39, 0.29) is 0 Å². The number of aromatic nitrogens is 2. The van der Waals surface area contributed by atoms with Gasteiger partial charge in [0.05, 0.1) is 12.4 Å². The summed E-state index contributed by atoms with van der Waals surface area (Å²) in [4.78, 5) is 12.0. The second kappa shape index (κ2) is 6.43. The lowest BCUT2D eigenvalue weighted by atomic mass is 10.1. The standard InChI is InChI=1S/C15H19FN4/c1-19(2)10-12-4-6-13(7-5-12)11-20(3)15-17-8-14(16)9-18-15/h4-9H,10-11H2,1-3H3. The lowest BCUT2D eigenvalue weighted by molar-refractivity contribution is 0.402. The first-order valence-electron chi connectivity index (χ1n) is 6.46. The highest BCUT2D eigenvalue weighted by Gasteiger charge is 2.05. The van der Waals surface area contributed by atoms with Crippen molar-refractivity contribution in [3.05, 3.63) is 53.6 Å². The Morgan fingerprint density at radius 1 is 0.900 bits per heavy atom. The molecule has 0 radical (unpaired) electrons. The van der Waals surface area contributed by atoms with Crippen LogP contribution in [0, 0.1) is 5.82 Å². The van der Waals surface area contributed by atoms with E-state index in [2.05, 4.69) is 39.1 Å². The van der Waals surface area contributed by atoms with Crippen molar-refractivity contribution in [1.29, 1.82) is 0 Å². The summed E-state index contributed by atoms with van der Waals surface area (Å²) < 4.78 is 12.8. The van der Waals surface area contributed by atoms with Gasteiger partial charge in [0.25, 0.3) is 0 Å². The first-order chi connectivity index (χ1) is 9.54. The molecule has 0 amide bonds. The van der Waals surface area contributed by atoms with Crippen molar-refractivity contribution < 1.29 is 4.39 Å². The van der Waals surface area contributed by atoms with E-state index in [0.29, 0.717) is 12.5 Å². The normalized spacial score (nSPS) is 10.8. The van der Waals surface area contributed by atoms with Crippen molar-refractivity contribution in [2.75, 3.05) is 26.0 Å². The zero-order valence-electron chi connectivity index (χ0n) is 12.0. The monoisotopic (exact) mass is 274 g/mol. The molecule has 0 aliphatic rings. The number of anilines is 1. The third-order valence-electron chi connectivity index (χ3n) is 2.89. The van der Waals surface area contributed by atoms with E-state index in [1.165, 1.54) is 23.5 Å². The lowest BCUT2D eigenvalue weighted by Crippen LogP contribution is -2.19. The number of benzene rings is 1. The summed E-state index contributed by atoms with van der Waals surface area (Å²) in [6.45, 7) is 1.62. The molecule has 0 unspecified atom stereocenters. The van der Waals surface area contributed by atoms with Gasteiger partial charge in [-0.1, -0.05) is 24.3 Å². The van der Waals surface area contributed by atoms with Gasteiger partial charge in [0.15, 0.2) is 5.82 Å². The first-order valence-corrected chi connectivity index (χ1v) is 6.46. The Kier molecular flexibility index (Phi) is 4.63. The Labute approximate surface area is 118 Å². The zero-order valence-corrected chi connectivity index (χ0v) is 12.0. The van der Waals surface area contributed by atoms with Gasteiger partial charge >= 0.3 is 0 Å². The van der Waals surface area contributed by atoms with Crippen molar-refractivity contribution in [2.24, 2.45) is 0 Å². The molecule has 1 aromatic carbocycles. The molecule has 2 rings (SSSR count). The van der Waals surface area contributed by atoms with E-state index in [0.717, 1.165) is 6.54 Å². The smallest absolute Gasteiger partial charge is 0.225 e. The summed E-state index contributed by atoms with van der Waals surface area (Å²) in [5, 5.41) is 0. The topological polar surface area (TPSA) is 32.3 Å². The molecule has 0 aliphatic heterocycles. The van der Waals surface area contributed by atoms with Crippen LogP contribution in [0.25, 0.3) is 0 Å². The molecule has 0 saturated carbocycles. The number of rotatable bonds is 5. The highest BCUT2D eigenvalue weighted by atomic mass is 19.1. The van der Waals surface area contributed by atoms with Crippen LogP contribution in [0.2, 0.25) is 0 Å². The van der Waals surface area contributed by atoms with Crippen LogP contribution in [-0.4, -0.2) is 36.0 Å². The fourth-order valence-electron chi connectivity index (χ4n) is 1.96. The van der Waals surface area contributed by atoms with E-state index in [1.54, 1.807) is 0 Å². The molecule has 0 bridgehead atoms. The Balaban J connectivity index is 2.00. The summed E-state index contributed by atoms with van der Waals surface area (Å²) in [6.07, 6.45) is 2.36. The van der Waals surface area contributed by atoms with Crippen molar-refractivity contribution in [2.45, 2.75) is 13.1 Å². The van der Waals surface area contributed by atoms with Crippen LogP contribution in [0.1, 0.15) is 11.1 Å². The predicted molar refractivity (Wildman–Crippen MR) is 77.9 cm³/mol. The molecule has 20 heavy (non-hydrogen) atoms. The highest BCUT2D eigenvalue weighted by molar-refractivity contribution is 5.31. The van der Waals surface area contributed by atoms with Crippen molar-refractivity contribution >= 4 is 5.95 Å². The molecular formula is C15H19FN4. The minimum atomic E-state index is -0.421. The van der Waals surface area contributed by atoms with Crippen molar-refractivity contribution in [3.8, 4) is 0 Å². The van der Waals surface area contributed by atoms with Crippen LogP contribution >= 0.6 is 0 Å². The van der Waals surface area contributed by atoms with Gasteiger partial charge in [-0.25, -0.2) is 14.4 Å². The van der Waals surface area contributed by atoms with Crippen LogP contribution < -0.4 is 4.90 Å². The van der Waals surface area contributed by atoms with Crippen LogP contribution in [0.15, 0.2) is 36.7 Å². The van der Waals surface area contributed by atoms with Crippen LogP contribution in [0.4, 0.5) is 10.3 Å². The average Bonchev–Trinajstić information content (AvgIpc) is 2.41. The van der Waals surface area contributed by atoms with E-state index < -0.39 is 5.82 Å². The fraction of sp³-hybridized carbons (Fsp3) is 0.333. The van der Waals surface area contributed by atoms with Gasteiger partial charge in [0, 0.05) is 20.1 Å². The predicted octanol–water partition coefficient (Wildman–Crippen LogP) is 2.31. The van der Waals surface area contributed by atoms with Gasteiger partial charge in [-0.2, -0.15) is 0 Å². The number of hydrogen-bond acceptors (Lipinski definition) is 4.